The molecule has 5 rings (SSSR count). The van der Waals surface area contributed by atoms with Gasteiger partial charge in [-0.3, -0.25) is 14.5 Å². The maximum atomic E-state index is 14.5. The van der Waals surface area contributed by atoms with E-state index in [2.05, 4.69) is 20.4 Å². The molecule has 0 bridgehead atoms. The van der Waals surface area contributed by atoms with E-state index in [1.807, 2.05) is 14.0 Å². The van der Waals surface area contributed by atoms with Gasteiger partial charge in [-0.1, -0.05) is 6.07 Å². The number of amides is 2. The summed E-state index contributed by atoms with van der Waals surface area (Å²) in [4.78, 5) is 31.0. The fourth-order valence-electron chi connectivity index (χ4n) is 5.15. The van der Waals surface area contributed by atoms with Crippen LogP contribution in [0, 0.1) is 18.6 Å². The number of rotatable bonds is 4. The Labute approximate surface area is 197 Å². The fourth-order valence-corrected chi connectivity index (χ4v) is 5.15. The highest BCUT2D eigenvalue weighted by atomic mass is 19.1. The van der Waals surface area contributed by atoms with E-state index in [0.29, 0.717) is 42.3 Å². The number of benzene rings is 2. The second-order valence-electron chi connectivity index (χ2n) is 9.48. The van der Waals surface area contributed by atoms with Crippen molar-refractivity contribution in [1.29, 1.82) is 0 Å². The van der Waals surface area contributed by atoms with Crippen molar-refractivity contribution in [2.75, 3.05) is 55.3 Å². The van der Waals surface area contributed by atoms with Gasteiger partial charge in [-0.05, 0) is 43.2 Å². The number of anilines is 3. The van der Waals surface area contributed by atoms with Gasteiger partial charge in [-0.25, -0.2) is 8.78 Å². The third kappa shape index (κ3) is 4.32. The Morgan fingerprint density at radius 1 is 1.15 bits per heavy atom. The molecule has 0 aromatic heterocycles. The van der Waals surface area contributed by atoms with Gasteiger partial charge in [-0.2, -0.15) is 0 Å². The molecule has 2 amide bonds. The molecule has 2 atom stereocenters. The van der Waals surface area contributed by atoms with E-state index in [4.69, 9.17) is 0 Å². The highest BCUT2D eigenvalue weighted by molar-refractivity contribution is 5.98. The predicted molar refractivity (Wildman–Crippen MR) is 127 cm³/mol. The lowest BCUT2D eigenvalue weighted by Crippen LogP contribution is -2.52. The number of carbonyl (C=O) groups excluding carboxylic acids is 2. The number of nitrogens with zero attached hydrogens (tertiary/aromatic N) is 3. The first-order valence-electron chi connectivity index (χ1n) is 11.7. The molecule has 3 aliphatic rings. The number of aryl methyl sites for hydroxylation is 1. The average molecular weight is 470 g/mol. The lowest BCUT2D eigenvalue weighted by molar-refractivity contribution is -0.135. The van der Waals surface area contributed by atoms with Crippen LogP contribution >= 0.6 is 0 Å². The molecule has 9 heteroatoms. The molecule has 3 heterocycles. The monoisotopic (exact) mass is 469 g/mol. The highest BCUT2D eigenvalue weighted by Crippen LogP contribution is 2.32. The number of piperazine rings is 1. The van der Waals surface area contributed by atoms with Crippen LogP contribution in [0.4, 0.5) is 25.8 Å². The third-order valence-electron chi connectivity index (χ3n) is 7.19. The molecule has 0 radical (unpaired) electrons. The Hall–Kier alpha value is -3.20. The number of likely N-dealkylation sites (N-methyl/N-ethyl adjacent to an activating group) is 1. The molecule has 0 aliphatic carbocycles. The van der Waals surface area contributed by atoms with Crippen molar-refractivity contribution in [2.45, 2.75) is 31.8 Å². The Morgan fingerprint density at radius 3 is 2.74 bits per heavy atom. The number of fused-ring (bicyclic) bond motifs is 1. The van der Waals surface area contributed by atoms with Crippen LogP contribution in [-0.4, -0.2) is 73.5 Å². The summed E-state index contributed by atoms with van der Waals surface area (Å²) in [6, 6.07) is 7.24. The molecular formula is C25H29F2N5O2. The molecule has 1 unspecified atom stereocenters. The Kier molecular flexibility index (Phi) is 5.89. The zero-order valence-corrected chi connectivity index (χ0v) is 19.4. The van der Waals surface area contributed by atoms with Crippen LogP contribution < -0.4 is 15.5 Å². The van der Waals surface area contributed by atoms with Crippen LogP contribution in [0.1, 0.15) is 17.5 Å². The van der Waals surface area contributed by atoms with Crippen LogP contribution in [0.2, 0.25) is 0 Å². The van der Waals surface area contributed by atoms with Crippen molar-refractivity contribution in [3.8, 4) is 0 Å². The number of hydrogen-bond donors (Lipinski definition) is 2. The molecule has 2 aromatic rings. The predicted octanol–water partition coefficient (Wildman–Crippen LogP) is 2.60. The molecule has 3 aliphatic heterocycles. The van der Waals surface area contributed by atoms with Crippen molar-refractivity contribution in [3.63, 3.8) is 0 Å². The minimum Gasteiger partial charge on any atom is -0.373 e. The smallest absolute Gasteiger partial charge is 0.247 e. The SMILES string of the molecule is Cc1ccc(F)c2c1NC(C(=O)Nc1cc(F)cc(N3CC[C@H](N4CCN(C)C(=O)C4)C3)c1)C2. The molecule has 2 aromatic carbocycles. The first-order valence-corrected chi connectivity index (χ1v) is 11.7. The fraction of sp³-hybridized carbons (Fsp3) is 0.440. The van der Waals surface area contributed by atoms with Crippen LogP contribution in [0.3, 0.4) is 0 Å². The normalized spacial score (nSPS) is 22.6. The number of carbonyl (C=O) groups is 2. The van der Waals surface area contributed by atoms with Crippen LogP contribution in [0.5, 0.6) is 0 Å². The molecule has 2 fully saturated rings. The summed E-state index contributed by atoms with van der Waals surface area (Å²) in [5.41, 5.74) is 3.11. The average Bonchev–Trinajstić information content (AvgIpc) is 3.47. The summed E-state index contributed by atoms with van der Waals surface area (Å²) in [6.07, 6.45) is 1.14. The summed E-state index contributed by atoms with van der Waals surface area (Å²) >= 11 is 0. The Morgan fingerprint density at radius 2 is 1.97 bits per heavy atom. The molecule has 0 saturated carbocycles. The minimum absolute atomic E-state index is 0.123. The number of nitrogens with one attached hydrogen (secondary N) is 2. The molecular weight excluding hydrogens is 440 g/mol. The summed E-state index contributed by atoms with van der Waals surface area (Å²) in [6.45, 7) is 5.28. The van der Waals surface area contributed by atoms with E-state index in [1.165, 1.54) is 18.2 Å². The minimum atomic E-state index is -0.622. The van der Waals surface area contributed by atoms with Crippen molar-refractivity contribution in [2.24, 2.45) is 0 Å². The van der Waals surface area contributed by atoms with Gasteiger partial charge in [-0.15, -0.1) is 0 Å². The van der Waals surface area contributed by atoms with Gasteiger partial charge >= 0.3 is 0 Å². The maximum Gasteiger partial charge on any atom is 0.247 e. The largest absolute Gasteiger partial charge is 0.373 e. The third-order valence-corrected chi connectivity index (χ3v) is 7.19. The molecule has 180 valence electrons. The van der Waals surface area contributed by atoms with Gasteiger partial charge in [0.05, 0.1) is 6.54 Å². The van der Waals surface area contributed by atoms with E-state index < -0.39 is 11.9 Å². The summed E-state index contributed by atoms with van der Waals surface area (Å²) in [5, 5.41) is 5.90. The standard InChI is InChI=1S/C25H29F2N5O2/c1-15-3-4-21(27)20-12-22(29-24(15)20)25(34)28-17-9-16(26)10-19(11-17)31-6-5-18(13-31)32-8-7-30(2)23(33)14-32/h3-4,9-11,18,22,29H,5-8,12-14H2,1-2H3,(H,28,34)/t18-,22?/m0/s1. The van der Waals surface area contributed by atoms with Gasteiger partial charge in [0, 0.05) is 68.3 Å². The van der Waals surface area contributed by atoms with Gasteiger partial charge in [0.1, 0.15) is 17.7 Å². The summed E-state index contributed by atoms with van der Waals surface area (Å²) in [7, 11) is 1.82. The zero-order valence-electron chi connectivity index (χ0n) is 19.4. The number of hydrogen-bond acceptors (Lipinski definition) is 5. The summed E-state index contributed by atoms with van der Waals surface area (Å²) < 4.78 is 28.6. The first-order chi connectivity index (χ1) is 16.3. The molecule has 34 heavy (non-hydrogen) atoms. The quantitative estimate of drug-likeness (QED) is 0.721. The van der Waals surface area contributed by atoms with Crippen LogP contribution in [0.25, 0.3) is 0 Å². The van der Waals surface area contributed by atoms with Crippen molar-refractivity contribution in [1.82, 2.24) is 9.80 Å². The van der Waals surface area contributed by atoms with E-state index in [-0.39, 0.29) is 30.1 Å². The van der Waals surface area contributed by atoms with Gasteiger partial charge in [0.25, 0.3) is 0 Å². The van der Waals surface area contributed by atoms with Gasteiger partial charge in [0.2, 0.25) is 11.8 Å². The van der Waals surface area contributed by atoms with Gasteiger partial charge in [0.15, 0.2) is 0 Å². The molecule has 2 N–H and O–H groups in total. The Bertz CT molecular complexity index is 1110. The van der Waals surface area contributed by atoms with Crippen molar-refractivity contribution >= 4 is 28.9 Å². The zero-order chi connectivity index (χ0) is 24.0. The van der Waals surface area contributed by atoms with E-state index in [1.54, 1.807) is 17.0 Å². The van der Waals surface area contributed by atoms with Crippen LogP contribution in [0.15, 0.2) is 30.3 Å². The summed E-state index contributed by atoms with van der Waals surface area (Å²) in [5.74, 6) is -0.974. The van der Waals surface area contributed by atoms with E-state index in [9.17, 15) is 18.4 Å². The molecule has 0 spiro atoms. The van der Waals surface area contributed by atoms with Gasteiger partial charge < -0.3 is 20.4 Å². The second kappa shape index (κ2) is 8.87. The van der Waals surface area contributed by atoms with E-state index >= 15 is 0 Å². The maximum absolute atomic E-state index is 14.5. The van der Waals surface area contributed by atoms with E-state index in [0.717, 1.165) is 25.1 Å². The van der Waals surface area contributed by atoms with Crippen LogP contribution in [-0.2, 0) is 16.0 Å². The molecule has 2 saturated heterocycles. The molecule has 7 nitrogen and oxygen atoms in total. The lowest BCUT2D eigenvalue weighted by atomic mass is 10.1. The Balaban J connectivity index is 1.25. The number of halogens is 2. The first kappa shape index (κ1) is 22.6. The van der Waals surface area contributed by atoms with Crippen molar-refractivity contribution < 1.29 is 18.4 Å². The lowest BCUT2D eigenvalue weighted by Gasteiger charge is -2.35. The second-order valence-corrected chi connectivity index (χ2v) is 9.48. The highest BCUT2D eigenvalue weighted by Gasteiger charge is 2.33. The topological polar surface area (TPSA) is 67.9 Å². The van der Waals surface area contributed by atoms with Crippen molar-refractivity contribution in [3.05, 3.63) is 53.1 Å².